The Morgan fingerprint density at radius 1 is 0.297 bits per heavy atom. The second-order valence-corrected chi connectivity index (χ2v) is 20.9. The summed E-state index contributed by atoms with van der Waals surface area (Å²) in [5.74, 6) is 0.765. The maximum atomic E-state index is 12.8. The van der Waals surface area contributed by atoms with Crippen molar-refractivity contribution < 1.29 is 28.6 Å². The van der Waals surface area contributed by atoms with Crippen molar-refractivity contribution in [3.05, 3.63) is 0 Å². The molecule has 0 aromatic heterocycles. The Kier molecular flexibility index (Phi) is 49.6. The van der Waals surface area contributed by atoms with Gasteiger partial charge in [-0.3, -0.25) is 14.4 Å². The molecule has 0 aromatic carbocycles. The standard InChI is InChI=1S/C58H112O6/c1-6-7-8-9-10-11-12-13-14-15-16-20-23-26-29-32-38-43-48-56(59)62-51-55(64-58(61)50-45-40-35-34-37-42-47-54(4)5)52-63-57(60)49-44-39-33-30-27-24-21-18-17-19-22-25-28-31-36-41-46-53(2)3/h53-55H,6-52H2,1-5H3/t55-/m0/s1. The molecule has 0 aliphatic carbocycles. The topological polar surface area (TPSA) is 78.9 Å². The van der Waals surface area contributed by atoms with Crippen molar-refractivity contribution in [1.29, 1.82) is 0 Å². The largest absolute Gasteiger partial charge is 0.462 e. The van der Waals surface area contributed by atoms with E-state index < -0.39 is 6.10 Å². The lowest BCUT2D eigenvalue weighted by molar-refractivity contribution is -0.167. The molecule has 0 amide bonds. The van der Waals surface area contributed by atoms with Crippen LogP contribution in [0.4, 0.5) is 0 Å². The monoisotopic (exact) mass is 905 g/mol. The maximum absolute atomic E-state index is 12.8. The quantitative estimate of drug-likeness (QED) is 0.0344. The Hall–Kier alpha value is -1.59. The van der Waals surface area contributed by atoms with E-state index in [4.69, 9.17) is 14.2 Å². The Labute approximate surface area is 399 Å². The van der Waals surface area contributed by atoms with E-state index in [2.05, 4.69) is 34.6 Å². The van der Waals surface area contributed by atoms with Gasteiger partial charge in [-0.15, -0.1) is 0 Å². The van der Waals surface area contributed by atoms with Crippen LogP contribution in [0.15, 0.2) is 0 Å². The summed E-state index contributed by atoms with van der Waals surface area (Å²) in [6.07, 6.45) is 54.0. The van der Waals surface area contributed by atoms with Gasteiger partial charge in [0, 0.05) is 19.3 Å². The molecule has 0 spiro atoms. The first kappa shape index (κ1) is 62.4. The van der Waals surface area contributed by atoms with E-state index in [1.54, 1.807) is 0 Å². The third-order valence-corrected chi connectivity index (χ3v) is 13.2. The van der Waals surface area contributed by atoms with E-state index in [9.17, 15) is 14.4 Å². The first-order valence-corrected chi connectivity index (χ1v) is 28.7. The predicted octanol–water partition coefficient (Wildman–Crippen LogP) is 18.9. The maximum Gasteiger partial charge on any atom is 0.306 e. The zero-order chi connectivity index (χ0) is 46.8. The molecule has 0 fully saturated rings. The lowest BCUT2D eigenvalue weighted by Crippen LogP contribution is -2.30. The molecule has 0 bridgehead atoms. The lowest BCUT2D eigenvalue weighted by atomic mass is 10.0. The smallest absolute Gasteiger partial charge is 0.306 e. The molecule has 0 aliphatic rings. The summed E-state index contributed by atoms with van der Waals surface area (Å²) >= 11 is 0. The van der Waals surface area contributed by atoms with Gasteiger partial charge >= 0.3 is 17.9 Å². The van der Waals surface area contributed by atoms with Crippen molar-refractivity contribution in [2.24, 2.45) is 11.8 Å². The summed E-state index contributed by atoms with van der Waals surface area (Å²) in [5.41, 5.74) is 0. The van der Waals surface area contributed by atoms with E-state index in [0.717, 1.165) is 69.6 Å². The summed E-state index contributed by atoms with van der Waals surface area (Å²) < 4.78 is 16.8. The molecule has 0 saturated heterocycles. The highest BCUT2D eigenvalue weighted by Gasteiger charge is 2.19. The molecule has 64 heavy (non-hydrogen) atoms. The molecule has 0 radical (unpaired) electrons. The predicted molar refractivity (Wildman–Crippen MR) is 275 cm³/mol. The van der Waals surface area contributed by atoms with Crippen LogP contribution in [0, 0.1) is 11.8 Å². The minimum Gasteiger partial charge on any atom is -0.462 e. The summed E-state index contributed by atoms with van der Waals surface area (Å²) in [7, 11) is 0. The van der Waals surface area contributed by atoms with Gasteiger partial charge in [-0.2, -0.15) is 0 Å². The van der Waals surface area contributed by atoms with Gasteiger partial charge in [-0.05, 0) is 31.1 Å². The van der Waals surface area contributed by atoms with E-state index in [-0.39, 0.29) is 31.1 Å². The summed E-state index contributed by atoms with van der Waals surface area (Å²) in [6.45, 7) is 11.3. The molecule has 0 aliphatic heterocycles. The molecule has 0 aromatic rings. The van der Waals surface area contributed by atoms with Crippen LogP contribution in [0.3, 0.4) is 0 Å². The number of carbonyl (C=O) groups is 3. The number of esters is 3. The molecular weight excluding hydrogens is 793 g/mol. The average Bonchev–Trinajstić information content (AvgIpc) is 3.27. The van der Waals surface area contributed by atoms with Gasteiger partial charge in [0.05, 0.1) is 0 Å². The van der Waals surface area contributed by atoms with Crippen LogP contribution in [0.2, 0.25) is 0 Å². The van der Waals surface area contributed by atoms with Gasteiger partial charge in [0.1, 0.15) is 13.2 Å². The van der Waals surface area contributed by atoms with Gasteiger partial charge in [0.15, 0.2) is 6.10 Å². The molecule has 0 saturated carbocycles. The van der Waals surface area contributed by atoms with Gasteiger partial charge in [-0.1, -0.05) is 285 Å². The van der Waals surface area contributed by atoms with Gasteiger partial charge in [-0.25, -0.2) is 0 Å². The minimum absolute atomic E-state index is 0.0641. The average molecular weight is 906 g/mol. The second kappa shape index (κ2) is 50.8. The third-order valence-electron chi connectivity index (χ3n) is 13.2. The SMILES string of the molecule is CCCCCCCCCCCCCCCCCCCCC(=O)OC[C@@H](COC(=O)CCCCCCCCCCCCCCCCCCC(C)C)OC(=O)CCCCCCCCC(C)C. The number of hydrogen-bond acceptors (Lipinski definition) is 6. The van der Waals surface area contributed by atoms with Crippen molar-refractivity contribution in [3.63, 3.8) is 0 Å². The molecule has 1 atom stereocenters. The first-order valence-electron chi connectivity index (χ1n) is 28.7. The molecule has 380 valence electrons. The van der Waals surface area contributed by atoms with Gasteiger partial charge < -0.3 is 14.2 Å². The highest BCUT2D eigenvalue weighted by molar-refractivity contribution is 5.71. The first-order chi connectivity index (χ1) is 31.2. The van der Waals surface area contributed by atoms with Gasteiger partial charge in [0.25, 0.3) is 0 Å². The molecular formula is C58H112O6. The zero-order valence-electron chi connectivity index (χ0n) is 43.9. The second-order valence-electron chi connectivity index (χ2n) is 20.9. The molecule has 0 rings (SSSR count). The van der Waals surface area contributed by atoms with Crippen LogP contribution in [0.1, 0.15) is 324 Å². The fourth-order valence-corrected chi connectivity index (χ4v) is 8.87. The van der Waals surface area contributed by atoms with Crippen molar-refractivity contribution in [3.8, 4) is 0 Å². The van der Waals surface area contributed by atoms with Crippen LogP contribution in [-0.2, 0) is 28.6 Å². The van der Waals surface area contributed by atoms with Crippen molar-refractivity contribution in [2.75, 3.05) is 13.2 Å². The summed E-state index contributed by atoms with van der Waals surface area (Å²) in [5, 5.41) is 0. The van der Waals surface area contributed by atoms with E-state index >= 15 is 0 Å². The molecule has 0 unspecified atom stereocenters. The van der Waals surface area contributed by atoms with Crippen LogP contribution in [-0.4, -0.2) is 37.2 Å². The third kappa shape index (κ3) is 51.4. The number of rotatable bonds is 52. The number of carbonyl (C=O) groups excluding carboxylic acids is 3. The van der Waals surface area contributed by atoms with Crippen molar-refractivity contribution in [2.45, 2.75) is 330 Å². The van der Waals surface area contributed by atoms with Crippen molar-refractivity contribution in [1.82, 2.24) is 0 Å². The summed E-state index contributed by atoms with van der Waals surface area (Å²) in [4.78, 5) is 38.0. The van der Waals surface area contributed by atoms with Crippen LogP contribution in [0.25, 0.3) is 0 Å². The highest BCUT2D eigenvalue weighted by atomic mass is 16.6. The fraction of sp³-hybridized carbons (Fsp3) is 0.948. The Morgan fingerprint density at radius 2 is 0.516 bits per heavy atom. The Balaban J connectivity index is 4.17. The molecule has 6 heteroatoms. The van der Waals surface area contributed by atoms with Crippen LogP contribution in [0.5, 0.6) is 0 Å². The van der Waals surface area contributed by atoms with Crippen LogP contribution >= 0.6 is 0 Å². The number of hydrogen-bond donors (Lipinski definition) is 0. The normalized spacial score (nSPS) is 12.0. The highest BCUT2D eigenvalue weighted by Crippen LogP contribution is 2.18. The van der Waals surface area contributed by atoms with Crippen molar-refractivity contribution >= 4 is 17.9 Å². The van der Waals surface area contributed by atoms with Crippen LogP contribution < -0.4 is 0 Å². The van der Waals surface area contributed by atoms with Gasteiger partial charge in [0.2, 0.25) is 0 Å². The number of unbranched alkanes of at least 4 members (excludes halogenated alkanes) is 37. The van der Waals surface area contributed by atoms with E-state index in [0.29, 0.717) is 19.3 Å². The molecule has 0 heterocycles. The molecule has 6 nitrogen and oxygen atoms in total. The summed E-state index contributed by atoms with van der Waals surface area (Å²) in [6, 6.07) is 0. The van der Waals surface area contributed by atoms with E-state index in [1.807, 2.05) is 0 Å². The number of ether oxygens (including phenoxy) is 3. The zero-order valence-corrected chi connectivity index (χ0v) is 43.9. The Morgan fingerprint density at radius 3 is 0.766 bits per heavy atom. The molecule has 0 N–H and O–H groups in total. The fourth-order valence-electron chi connectivity index (χ4n) is 8.87. The lowest BCUT2D eigenvalue weighted by Gasteiger charge is -2.18. The Bertz CT molecular complexity index is 978. The van der Waals surface area contributed by atoms with E-state index in [1.165, 1.54) is 212 Å². The minimum atomic E-state index is -0.763.